The molecule has 2 amide bonds. The van der Waals surface area contributed by atoms with Crippen molar-refractivity contribution in [2.75, 3.05) is 6.61 Å². The molecule has 2 N–H and O–H groups in total. The third-order valence-electron chi connectivity index (χ3n) is 1.84. The Kier molecular flexibility index (Phi) is 2.61. The van der Waals surface area contributed by atoms with Crippen molar-refractivity contribution in [3.8, 4) is 0 Å². The molecule has 0 radical (unpaired) electrons. The van der Waals surface area contributed by atoms with Crippen molar-refractivity contribution >= 4 is 23.4 Å². The van der Waals surface area contributed by atoms with Crippen LogP contribution in [-0.2, 0) is 9.63 Å². The zero-order valence-corrected chi connectivity index (χ0v) is 8.21. The number of carbonyl (C=O) groups excluding carboxylic acids is 2. The van der Waals surface area contributed by atoms with Crippen molar-refractivity contribution in [3.05, 3.63) is 23.1 Å². The summed E-state index contributed by atoms with van der Waals surface area (Å²) >= 11 is 5.50. The summed E-state index contributed by atoms with van der Waals surface area (Å²) in [5.41, 5.74) is 2.12. The van der Waals surface area contributed by atoms with Crippen molar-refractivity contribution in [2.45, 2.75) is 6.04 Å². The number of hydroxylamine groups is 1. The summed E-state index contributed by atoms with van der Waals surface area (Å²) in [5.74, 6) is -0.840. The van der Waals surface area contributed by atoms with Crippen LogP contribution in [-0.4, -0.2) is 24.5 Å². The van der Waals surface area contributed by atoms with E-state index in [-0.39, 0.29) is 23.5 Å². The molecule has 1 aliphatic rings. The van der Waals surface area contributed by atoms with E-state index in [0.29, 0.717) is 0 Å². The van der Waals surface area contributed by atoms with Gasteiger partial charge in [0.25, 0.3) is 11.8 Å². The second-order valence-electron chi connectivity index (χ2n) is 2.91. The van der Waals surface area contributed by atoms with Crippen molar-refractivity contribution in [2.24, 2.45) is 0 Å². The molecule has 0 saturated carbocycles. The highest BCUT2D eigenvalue weighted by atomic mass is 35.5. The Bertz CT molecular complexity index is 403. The fourth-order valence-corrected chi connectivity index (χ4v) is 1.26. The molecule has 7 heteroatoms. The molecule has 0 aromatic carbocycles. The van der Waals surface area contributed by atoms with Gasteiger partial charge in [0.1, 0.15) is 12.6 Å². The number of hydrogen-bond acceptors (Lipinski definition) is 4. The van der Waals surface area contributed by atoms with Gasteiger partial charge in [-0.2, -0.15) is 0 Å². The molecule has 1 fully saturated rings. The molecule has 1 aliphatic heterocycles. The van der Waals surface area contributed by atoms with Gasteiger partial charge >= 0.3 is 0 Å². The van der Waals surface area contributed by atoms with Crippen LogP contribution in [0.4, 0.5) is 0 Å². The first kappa shape index (κ1) is 10.0. The van der Waals surface area contributed by atoms with Crippen LogP contribution in [0.1, 0.15) is 10.6 Å². The van der Waals surface area contributed by atoms with Crippen molar-refractivity contribution in [1.82, 2.24) is 10.8 Å². The second kappa shape index (κ2) is 3.92. The molecule has 1 saturated heterocycles. The number of halogens is 1. The quantitative estimate of drug-likeness (QED) is 0.755. The van der Waals surface area contributed by atoms with E-state index in [2.05, 4.69) is 15.6 Å². The summed E-state index contributed by atoms with van der Waals surface area (Å²) in [4.78, 5) is 27.1. The number of hydrogen-bond donors (Lipinski definition) is 2. The largest absolute Gasteiger partial charge is 0.440 e. The lowest BCUT2D eigenvalue weighted by Crippen LogP contribution is -2.41. The Balaban J connectivity index is 2.00. The Hall–Kier alpha value is -1.53. The smallest absolute Gasteiger partial charge is 0.287 e. The maximum absolute atomic E-state index is 11.5. The van der Waals surface area contributed by atoms with E-state index in [1.54, 1.807) is 0 Å². The molecule has 2 heterocycles. The fourth-order valence-electron chi connectivity index (χ4n) is 1.12. The molecule has 15 heavy (non-hydrogen) atoms. The number of amides is 2. The second-order valence-corrected chi connectivity index (χ2v) is 3.28. The zero-order valence-electron chi connectivity index (χ0n) is 7.45. The Morgan fingerprint density at radius 3 is 2.93 bits per heavy atom. The summed E-state index contributed by atoms with van der Waals surface area (Å²) in [5, 5.41) is 2.55. The van der Waals surface area contributed by atoms with Gasteiger partial charge in [-0.05, 0) is 23.7 Å². The fraction of sp³-hybridized carbons (Fsp3) is 0.250. The summed E-state index contributed by atoms with van der Waals surface area (Å²) in [6.07, 6.45) is 0. The van der Waals surface area contributed by atoms with Crippen LogP contribution in [0.5, 0.6) is 0 Å². The summed E-state index contributed by atoms with van der Waals surface area (Å²) in [7, 11) is 0. The lowest BCUT2D eigenvalue weighted by Gasteiger charge is -2.05. The van der Waals surface area contributed by atoms with Gasteiger partial charge in [0.2, 0.25) is 0 Å². The molecular formula is C8H7ClN2O4. The summed E-state index contributed by atoms with van der Waals surface area (Å²) in [6.45, 7) is 0.0962. The van der Waals surface area contributed by atoms with Crippen molar-refractivity contribution < 1.29 is 18.8 Å². The molecule has 0 spiro atoms. The van der Waals surface area contributed by atoms with Crippen LogP contribution in [0.3, 0.4) is 0 Å². The van der Waals surface area contributed by atoms with E-state index in [1.165, 1.54) is 12.1 Å². The molecule has 1 atom stereocenters. The summed E-state index contributed by atoms with van der Waals surface area (Å²) < 4.78 is 4.87. The van der Waals surface area contributed by atoms with E-state index >= 15 is 0 Å². The van der Waals surface area contributed by atoms with Crippen LogP contribution in [0.15, 0.2) is 16.5 Å². The first-order chi connectivity index (χ1) is 7.16. The number of rotatable bonds is 2. The lowest BCUT2D eigenvalue weighted by molar-refractivity contribution is -0.125. The van der Waals surface area contributed by atoms with E-state index in [9.17, 15) is 9.59 Å². The van der Waals surface area contributed by atoms with E-state index in [4.69, 9.17) is 16.0 Å². The Morgan fingerprint density at radius 1 is 1.60 bits per heavy atom. The van der Waals surface area contributed by atoms with Crippen molar-refractivity contribution in [1.29, 1.82) is 0 Å². The van der Waals surface area contributed by atoms with Crippen LogP contribution in [0, 0.1) is 0 Å². The zero-order chi connectivity index (χ0) is 10.8. The third kappa shape index (κ3) is 2.11. The first-order valence-corrected chi connectivity index (χ1v) is 4.52. The average molecular weight is 231 g/mol. The lowest BCUT2D eigenvalue weighted by atomic mass is 10.3. The van der Waals surface area contributed by atoms with Gasteiger partial charge in [0.15, 0.2) is 11.0 Å². The van der Waals surface area contributed by atoms with Gasteiger partial charge in [-0.3, -0.25) is 14.4 Å². The molecule has 6 nitrogen and oxygen atoms in total. The van der Waals surface area contributed by atoms with Crippen LogP contribution in [0.2, 0.25) is 5.22 Å². The van der Waals surface area contributed by atoms with Gasteiger partial charge < -0.3 is 9.73 Å². The summed E-state index contributed by atoms with van der Waals surface area (Å²) in [6, 6.07) is 2.17. The predicted molar refractivity (Wildman–Crippen MR) is 49.1 cm³/mol. The van der Waals surface area contributed by atoms with Crippen LogP contribution in [0.25, 0.3) is 0 Å². The highest BCUT2D eigenvalue weighted by molar-refractivity contribution is 6.29. The Morgan fingerprint density at radius 2 is 2.40 bits per heavy atom. The minimum atomic E-state index is -0.693. The van der Waals surface area contributed by atoms with Gasteiger partial charge in [-0.25, -0.2) is 5.48 Å². The van der Waals surface area contributed by atoms with Crippen LogP contribution >= 0.6 is 11.6 Å². The van der Waals surface area contributed by atoms with Gasteiger partial charge in [-0.1, -0.05) is 0 Å². The molecule has 2 rings (SSSR count). The SMILES string of the molecule is O=C(NC1CONC1=O)c1ccc(Cl)o1. The molecule has 1 unspecified atom stereocenters. The van der Waals surface area contributed by atoms with Gasteiger partial charge in [0.05, 0.1) is 0 Å². The third-order valence-corrected chi connectivity index (χ3v) is 2.04. The predicted octanol–water partition coefficient (Wildman–Crippen LogP) is 0.0928. The normalized spacial score (nSPS) is 20.1. The highest BCUT2D eigenvalue weighted by Crippen LogP contribution is 2.13. The molecule has 0 bridgehead atoms. The minimum Gasteiger partial charge on any atom is -0.440 e. The van der Waals surface area contributed by atoms with E-state index < -0.39 is 11.9 Å². The highest BCUT2D eigenvalue weighted by Gasteiger charge is 2.28. The minimum absolute atomic E-state index is 0.0553. The molecule has 0 aliphatic carbocycles. The number of nitrogens with one attached hydrogen (secondary N) is 2. The maximum atomic E-state index is 11.5. The Labute approximate surface area is 89.5 Å². The van der Waals surface area contributed by atoms with Crippen molar-refractivity contribution in [3.63, 3.8) is 0 Å². The van der Waals surface area contributed by atoms with E-state index in [0.717, 1.165) is 0 Å². The van der Waals surface area contributed by atoms with E-state index in [1.807, 2.05) is 0 Å². The molecule has 1 aromatic heterocycles. The van der Waals surface area contributed by atoms with Gasteiger partial charge in [0, 0.05) is 0 Å². The molecular weight excluding hydrogens is 224 g/mol. The topological polar surface area (TPSA) is 80.6 Å². The van der Waals surface area contributed by atoms with Crippen LogP contribution < -0.4 is 10.8 Å². The number of carbonyl (C=O) groups is 2. The van der Waals surface area contributed by atoms with Gasteiger partial charge in [-0.15, -0.1) is 0 Å². The molecule has 80 valence electrons. The maximum Gasteiger partial charge on any atom is 0.287 e. The average Bonchev–Trinajstić information content (AvgIpc) is 2.77. The molecule has 1 aromatic rings. The standard InChI is InChI=1S/C8H7ClN2O4/c9-6-2-1-5(15-6)8(13)10-4-3-14-11-7(4)12/h1-2,4H,3H2,(H,10,13)(H,11,12). The number of furan rings is 1. The monoisotopic (exact) mass is 230 g/mol. The first-order valence-electron chi connectivity index (χ1n) is 4.14.